The molecule has 4 aromatic rings. The van der Waals surface area contributed by atoms with Crippen molar-refractivity contribution in [3.05, 3.63) is 90.0 Å². The number of hydrogen-bond acceptors (Lipinski definition) is 4. The number of amides is 1. The minimum Gasteiger partial charge on any atom is -0.497 e. The monoisotopic (exact) mass is 395 g/mol. The van der Waals surface area contributed by atoms with E-state index >= 15 is 0 Å². The maximum atomic E-state index is 12.5. The standard InChI is InChI=1S/C25H21N3O2/c1-30-22-12-9-18-15-19-13-14-28(24(19)27-23(18)16-22)21-10-7-17(8-11-21)25(29)26-20-5-3-2-4-6-20/h2-12,15-16H,13-14H2,1H3,(H,26,29). The van der Waals surface area contributed by atoms with Gasteiger partial charge in [0.25, 0.3) is 5.91 Å². The number of nitrogens with zero attached hydrogens (tertiary/aromatic N) is 2. The number of pyridine rings is 1. The highest BCUT2D eigenvalue weighted by molar-refractivity contribution is 6.04. The normalized spacial score (nSPS) is 12.6. The molecule has 0 fully saturated rings. The number of benzene rings is 3. The Hall–Kier alpha value is -3.86. The van der Waals surface area contributed by atoms with Gasteiger partial charge in [0.1, 0.15) is 11.6 Å². The summed E-state index contributed by atoms with van der Waals surface area (Å²) in [6.45, 7) is 0.866. The number of carbonyl (C=O) groups excluding carboxylic acids is 1. The predicted molar refractivity (Wildman–Crippen MR) is 120 cm³/mol. The fraction of sp³-hybridized carbons (Fsp3) is 0.120. The van der Waals surface area contributed by atoms with Crippen LogP contribution < -0.4 is 15.0 Å². The molecule has 5 nitrogen and oxygen atoms in total. The minimum absolute atomic E-state index is 0.120. The van der Waals surface area contributed by atoms with Crippen LogP contribution in [0, 0.1) is 0 Å². The van der Waals surface area contributed by atoms with E-state index < -0.39 is 0 Å². The molecule has 30 heavy (non-hydrogen) atoms. The molecule has 2 heterocycles. The highest BCUT2D eigenvalue weighted by Gasteiger charge is 2.23. The van der Waals surface area contributed by atoms with E-state index in [0.29, 0.717) is 5.56 Å². The highest BCUT2D eigenvalue weighted by atomic mass is 16.5. The average molecular weight is 395 g/mol. The van der Waals surface area contributed by atoms with E-state index in [4.69, 9.17) is 9.72 Å². The molecule has 0 saturated heterocycles. The predicted octanol–water partition coefficient (Wildman–Crippen LogP) is 5.19. The van der Waals surface area contributed by atoms with Crippen molar-refractivity contribution >= 4 is 34.0 Å². The molecule has 3 aromatic carbocycles. The molecule has 0 radical (unpaired) electrons. The van der Waals surface area contributed by atoms with Gasteiger partial charge in [-0.3, -0.25) is 4.79 Å². The number of anilines is 3. The Morgan fingerprint density at radius 3 is 2.57 bits per heavy atom. The smallest absolute Gasteiger partial charge is 0.255 e. The molecule has 0 saturated carbocycles. The molecule has 1 aliphatic rings. The van der Waals surface area contributed by atoms with Crippen molar-refractivity contribution in [2.75, 3.05) is 23.9 Å². The number of nitrogens with one attached hydrogen (secondary N) is 1. The Morgan fingerprint density at radius 1 is 1.00 bits per heavy atom. The fourth-order valence-electron chi connectivity index (χ4n) is 3.83. The summed E-state index contributed by atoms with van der Waals surface area (Å²) in [7, 11) is 1.66. The molecular formula is C25H21N3O2. The lowest BCUT2D eigenvalue weighted by atomic mass is 10.1. The fourth-order valence-corrected chi connectivity index (χ4v) is 3.83. The summed E-state index contributed by atoms with van der Waals surface area (Å²) >= 11 is 0. The highest BCUT2D eigenvalue weighted by Crippen LogP contribution is 2.35. The second kappa shape index (κ2) is 7.52. The number of fused-ring (bicyclic) bond motifs is 2. The van der Waals surface area contributed by atoms with Gasteiger partial charge in [-0.2, -0.15) is 0 Å². The molecule has 5 rings (SSSR count). The molecule has 0 bridgehead atoms. The van der Waals surface area contributed by atoms with Gasteiger partial charge in [-0.15, -0.1) is 0 Å². The van der Waals surface area contributed by atoms with E-state index in [-0.39, 0.29) is 5.91 Å². The summed E-state index contributed by atoms with van der Waals surface area (Å²) < 4.78 is 5.34. The summed E-state index contributed by atoms with van der Waals surface area (Å²) in [6, 6.07) is 25.3. The largest absolute Gasteiger partial charge is 0.497 e. The van der Waals surface area contributed by atoms with Crippen molar-refractivity contribution in [3.63, 3.8) is 0 Å². The maximum absolute atomic E-state index is 12.5. The molecule has 148 valence electrons. The molecule has 0 spiro atoms. The Morgan fingerprint density at radius 2 is 1.80 bits per heavy atom. The number of methoxy groups -OCH3 is 1. The first kappa shape index (κ1) is 18.2. The first-order valence-electron chi connectivity index (χ1n) is 9.93. The SMILES string of the molecule is COc1ccc2cc3c(nc2c1)N(c1ccc(C(=O)Nc2ccccc2)cc1)CC3. The van der Waals surface area contributed by atoms with Gasteiger partial charge in [-0.25, -0.2) is 4.98 Å². The lowest BCUT2D eigenvalue weighted by Gasteiger charge is -2.19. The van der Waals surface area contributed by atoms with E-state index in [0.717, 1.165) is 46.8 Å². The number of rotatable bonds is 4. The molecule has 1 N–H and O–H groups in total. The summed E-state index contributed by atoms with van der Waals surface area (Å²) in [6.07, 6.45) is 0.945. The lowest BCUT2D eigenvalue weighted by Crippen LogP contribution is -2.15. The Labute approximate surface area is 174 Å². The number of ether oxygens (including phenoxy) is 1. The first-order valence-corrected chi connectivity index (χ1v) is 9.93. The number of hydrogen-bond donors (Lipinski definition) is 1. The zero-order chi connectivity index (χ0) is 20.5. The van der Waals surface area contributed by atoms with E-state index in [2.05, 4.69) is 16.3 Å². The van der Waals surface area contributed by atoms with E-state index in [1.165, 1.54) is 5.56 Å². The van der Waals surface area contributed by atoms with Gasteiger partial charge < -0.3 is 15.0 Å². The van der Waals surface area contributed by atoms with Gasteiger partial charge >= 0.3 is 0 Å². The van der Waals surface area contributed by atoms with Crippen molar-refractivity contribution in [1.29, 1.82) is 0 Å². The van der Waals surface area contributed by atoms with Crippen LogP contribution in [0.25, 0.3) is 10.9 Å². The van der Waals surface area contributed by atoms with Gasteiger partial charge in [0, 0.05) is 34.9 Å². The molecule has 1 aromatic heterocycles. The van der Waals surface area contributed by atoms with Crippen molar-refractivity contribution in [2.24, 2.45) is 0 Å². The third-order valence-electron chi connectivity index (χ3n) is 5.41. The third-order valence-corrected chi connectivity index (χ3v) is 5.41. The average Bonchev–Trinajstić information content (AvgIpc) is 3.20. The van der Waals surface area contributed by atoms with Gasteiger partial charge in [0.2, 0.25) is 0 Å². The molecule has 1 amide bonds. The van der Waals surface area contributed by atoms with Crippen LogP contribution in [0.3, 0.4) is 0 Å². The Kier molecular flexibility index (Phi) is 4.56. The van der Waals surface area contributed by atoms with Crippen LogP contribution in [-0.4, -0.2) is 24.5 Å². The Bertz CT molecular complexity index is 1220. The molecular weight excluding hydrogens is 374 g/mol. The topological polar surface area (TPSA) is 54.5 Å². The molecule has 0 unspecified atom stereocenters. The van der Waals surface area contributed by atoms with Crippen LogP contribution in [0.1, 0.15) is 15.9 Å². The zero-order valence-electron chi connectivity index (χ0n) is 16.6. The summed E-state index contributed by atoms with van der Waals surface area (Å²) in [5, 5.41) is 4.03. The molecule has 0 aliphatic carbocycles. The molecule has 0 atom stereocenters. The van der Waals surface area contributed by atoms with Crippen LogP contribution >= 0.6 is 0 Å². The van der Waals surface area contributed by atoms with E-state index in [1.807, 2.05) is 72.8 Å². The molecule has 1 aliphatic heterocycles. The summed E-state index contributed by atoms with van der Waals surface area (Å²) in [5.74, 6) is 1.65. The van der Waals surface area contributed by atoms with E-state index in [1.54, 1.807) is 7.11 Å². The second-order valence-electron chi connectivity index (χ2n) is 7.30. The Balaban J connectivity index is 1.41. The molecule has 5 heteroatoms. The van der Waals surface area contributed by atoms with Crippen molar-refractivity contribution in [1.82, 2.24) is 4.98 Å². The maximum Gasteiger partial charge on any atom is 0.255 e. The van der Waals surface area contributed by atoms with Crippen LogP contribution in [0.4, 0.5) is 17.2 Å². The van der Waals surface area contributed by atoms with Crippen molar-refractivity contribution in [3.8, 4) is 5.75 Å². The zero-order valence-corrected chi connectivity index (χ0v) is 16.6. The second-order valence-corrected chi connectivity index (χ2v) is 7.30. The first-order chi connectivity index (χ1) is 14.7. The number of aromatic nitrogens is 1. The van der Waals surface area contributed by atoms with Crippen molar-refractivity contribution < 1.29 is 9.53 Å². The van der Waals surface area contributed by atoms with Crippen LogP contribution in [0.15, 0.2) is 78.9 Å². The third kappa shape index (κ3) is 3.35. The van der Waals surface area contributed by atoms with Crippen LogP contribution in [-0.2, 0) is 6.42 Å². The van der Waals surface area contributed by atoms with Gasteiger partial charge in [-0.05, 0) is 66.6 Å². The summed E-state index contributed by atoms with van der Waals surface area (Å²) in [5.41, 5.74) is 4.59. The lowest BCUT2D eigenvalue weighted by molar-refractivity contribution is 0.102. The number of carbonyl (C=O) groups is 1. The van der Waals surface area contributed by atoms with Gasteiger partial charge in [0.15, 0.2) is 0 Å². The number of para-hydroxylation sites is 1. The quantitative estimate of drug-likeness (QED) is 0.517. The van der Waals surface area contributed by atoms with E-state index in [9.17, 15) is 4.79 Å². The van der Waals surface area contributed by atoms with Gasteiger partial charge in [-0.1, -0.05) is 18.2 Å². The van der Waals surface area contributed by atoms with Crippen LogP contribution in [0.2, 0.25) is 0 Å². The summed E-state index contributed by atoms with van der Waals surface area (Å²) in [4.78, 5) is 19.6. The van der Waals surface area contributed by atoms with Crippen LogP contribution in [0.5, 0.6) is 5.75 Å². The van der Waals surface area contributed by atoms with Crippen molar-refractivity contribution in [2.45, 2.75) is 6.42 Å². The minimum atomic E-state index is -0.120. The van der Waals surface area contributed by atoms with Gasteiger partial charge in [0.05, 0.1) is 12.6 Å².